The average Bonchev–Trinajstić information content (AvgIpc) is 3.30. The lowest BCUT2D eigenvalue weighted by atomic mass is 9.94. The molecule has 1 aliphatic carbocycles. The quantitative estimate of drug-likeness (QED) is 0.891. The summed E-state index contributed by atoms with van der Waals surface area (Å²) in [6.07, 6.45) is 2.70. The Labute approximate surface area is 123 Å². The molecule has 21 heavy (non-hydrogen) atoms. The van der Waals surface area contributed by atoms with Gasteiger partial charge in [0, 0.05) is 13.0 Å². The van der Waals surface area contributed by atoms with Crippen LogP contribution in [-0.2, 0) is 27.3 Å². The van der Waals surface area contributed by atoms with Crippen LogP contribution in [0.1, 0.15) is 24.0 Å². The highest BCUT2D eigenvalue weighted by Crippen LogP contribution is 2.29. The highest BCUT2D eigenvalue weighted by molar-refractivity contribution is 5.85. The number of carbonyl (C=O) groups is 2. The summed E-state index contributed by atoms with van der Waals surface area (Å²) in [7, 11) is 0. The van der Waals surface area contributed by atoms with Crippen molar-refractivity contribution in [2.24, 2.45) is 5.92 Å². The molecule has 1 fully saturated rings. The van der Waals surface area contributed by atoms with Crippen LogP contribution < -0.4 is 0 Å². The lowest BCUT2D eigenvalue weighted by Gasteiger charge is -2.34. The number of carboxylic acid groups (broad SMARTS) is 1. The zero-order valence-corrected chi connectivity index (χ0v) is 11.8. The molecule has 1 atom stereocenters. The van der Waals surface area contributed by atoms with Gasteiger partial charge in [-0.15, -0.1) is 0 Å². The number of carboxylic acids is 1. The molecule has 2 aliphatic rings. The van der Waals surface area contributed by atoms with Crippen LogP contribution >= 0.6 is 0 Å². The molecule has 3 rings (SSSR count). The van der Waals surface area contributed by atoms with Gasteiger partial charge in [-0.25, -0.2) is 4.79 Å². The molecule has 0 radical (unpaired) electrons. The summed E-state index contributed by atoms with van der Waals surface area (Å²) in [5, 5.41) is 9.37. The molecule has 0 spiro atoms. The maximum absolute atomic E-state index is 12.3. The summed E-state index contributed by atoms with van der Waals surface area (Å²) in [5.41, 5.74) is 2.03. The van der Waals surface area contributed by atoms with E-state index in [2.05, 4.69) is 0 Å². The van der Waals surface area contributed by atoms with E-state index in [0.717, 1.165) is 11.1 Å². The molecule has 1 aromatic carbocycles. The molecule has 1 aliphatic heterocycles. The predicted molar refractivity (Wildman–Crippen MR) is 75.7 cm³/mol. The SMILES string of the molecule is O=C(O)[C@@H]1Cc2ccccc2CN1C(=O)COCC1CC1. The van der Waals surface area contributed by atoms with Crippen molar-refractivity contribution in [3.8, 4) is 0 Å². The minimum Gasteiger partial charge on any atom is -0.480 e. The Hall–Kier alpha value is -1.88. The van der Waals surface area contributed by atoms with Gasteiger partial charge in [0.25, 0.3) is 0 Å². The van der Waals surface area contributed by atoms with Gasteiger partial charge >= 0.3 is 5.97 Å². The van der Waals surface area contributed by atoms with Gasteiger partial charge in [0.1, 0.15) is 12.6 Å². The summed E-state index contributed by atoms with van der Waals surface area (Å²) in [5.74, 6) is -0.604. The Morgan fingerprint density at radius 3 is 2.62 bits per heavy atom. The van der Waals surface area contributed by atoms with Gasteiger partial charge in [-0.05, 0) is 29.9 Å². The molecule has 5 nitrogen and oxygen atoms in total. The van der Waals surface area contributed by atoms with Crippen molar-refractivity contribution in [2.75, 3.05) is 13.2 Å². The Bertz CT molecular complexity index is 553. The number of nitrogens with zero attached hydrogens (tertiary/aromatic N) is 1. The maximum Gasteiger partial charge on any atom is 0.326 e. The van der Waals surface area contributed by atoms with Gasteiger partial charge in [0.15, 0.2) is 0 Å². The van der Waals surface area contributed by atoms with Crippen LogP contribution in [-0.4, -0.2) is 41.1 Å². The molecule has 1 saturated carbocycles. The van der Waals surface area contributed by atoms with Crippen molar-refractivity contribution >= 4 is 11.9 Å². The van der Waals surface area contributed by atoms with E-state index in [4.69, 9.17) is 4.74 Å². The van der Waals surface area contributed by atoms with Crippen LogP contribution in [0.4, 0.5) is 0 Å². The van der Waals surface area contributed by atoms with Gasteiger partial charge in [-0.2, -0.15) is 0 Å². The number of carbonyl (C=O) groups excluding carboxylic acids is 1. The van der Waals surface area contributed by atoms with E-state index >= 15 is 0 Å². The Balaban J connectivity index is 1.68. The molecule has 0 bridgehead atoms. The standard InChI is InChI=1S/C16H19NO4/c18-15(10-21-9-11-5-6-11)17-8-13-4-2-1-3-12(13)7-14(17)16(19)20/h1-4,11,14H,5-10H2,(H,19,20)/t14-/m0/s1. The number of ether oxygens (including phenoxy) is 1. The fourth-order valence-corrected chi connectivity index (χ4v) is 2.69. The van der Waals surface area contributed by atoms with Gasteiger partial charge < -0.3 is 14.7 Å². The lowest BCUT2D eigenvalue weighted by Crippen LogP contribution is -2.49. The second-order valence-electron chi connectivity index (χ2n) is 5.81. The fourth-order valence-electron chi connectivity index (χ4n) is 2.69. The van der Waals surface area contributed by atoms with Crippen molar-refractivity contribution in [2.45, 2.75) is 31.8 Å². The minimum atomic E-state index is -0.958. The fraction of sp³-hybridized carbons (Fsp3) is 0.500. The molecule has 1 heterocycles. The first-order chi connectivity index (χ1) is 10.1. The molecule has 1 N–H and O–H groups in total. The highest BCUT2D eigenvalue weighted by atomic mass is 16.5. The largest absolute Gasteiger partial charge is 0.480 e. The maximum atomic E-state index is 12.3. The van der Waals surface area contributed by atoms with E-state index in [1.165, 1.54) is 17.7 Å². The van der Waals surface area contributed by atoms with Crippen molar-refractivity contribution in [1.82, 2.24) is 4.90 Å². The average molecular weight is 289 g/mol. The van der Waals surface area contributed by atoms with E-state index in [0.29, 0.717) is 25.5 Å². The van der Waals surface area contributed by atoms with Crippen LogP contribution in [0, 0.1) is 5.92 Å². The molecule has 5 heteroatoms. The van der Waals surface area contributed by atoms with Crippen LogP contribution in [0.25, 0.3) is 0 Å². The van der Waals surface area contributed by atoms with Crippen LogP contribution in [0.2, 0.25) is 0 Å². The van der Waals surface area contributed by atoms with Crippen LogP contribution in [0.3, 0.4) is 0 Å². The molecule has 112 valence electrons. The van der Waals surface area contributed by atoms with Crippen molar-refractivity contribution in [3.63, 3.8) is 0 Å². The third-order valence-corrected chi connectivity index (χ3v) is 4.13. The lowest BCUT2D eigenvalue weighted by molar-refractivity contribution is -0.153. The van der Waals surface area contributed by atoms with Gasteiger partial charge in [0.05, 0.1) is 6.61 Å². The van der Waals surface area contributed by atoms with Gasteiger partial charge in [0.2, 0.25) is 5.91 Å². The number of hydrogen-bond donors (Lipinski definition) is 1. The zero-order chi connectivity index (χ0) is 14.8. The van der Waals surface area contributed by atoms with E-state index in [-0.39, 0.29) is 12.5 Å². The van der Waals surface area contributed by atoms with E-state index < -0.39 is 12.0 Å². The topological polar surface area (TPSA) is 66.8 Å². The number of amides is 1. The third-order valence-electron chi connectivity index (χ3n) is 4.13. The Morgan fingerprint density at radius 1 is 1.24 bits per heavy atom. The van der Waals surface area contributed by atoms with E-state index in [1.54, 1.807) is 0 Å². The molecule has 0 unspecified atom stereocenters. The molecule has 1 amide bonds. The van der Waals surface area contributed by atoms with Gasteiger partial charge in [-0.3, -0.25) is 4.79 Å². The van der Waals surface area contributed by atoms with Gasteiger partial charge in [-0.1, -0.05) is 24.3 Å². The monoisotopic (exact) mass is 289 g/mol. The smallest absolute Gasteiger partial charge is 0.326 e. The summed E-state index contributed by atoms with van der Waals surface area (Å²) < 4.78 is 5.40. The highest BCUT2D eigenvalue weighted by Gasteiger charge is 2.34. The number of fused-ring (bicyclic) bond motifs is 1. The Morgan fingerprint density at radius 2 is 1.95 bits per heavy atom. The number of hydrogen-bond acceptors (Lipinski definition) is 3. The minimum absolute atomic E-state index is 0.0254. The number of aliphatic carboxylic acids is 1. The number of rotatable bonds is 5. The molecule has 0 aromatic heterocycles. The van der Waals surface area contributed by atoms with Crippen molar-refractivity contribution < 1.29 is 19.4 Å². The first kappa shape index (κ1) is 14.1. The van der Waals surface area contributed by atoms with Crippen LogP contribution in [0.15, 0.2) is 24.3 Å². The number of benzene rings is 1. The first-order valence-corrected chi connectivity index (χ1v) is 7.32. The Kier molecular flexibility index (Phi) is 3.92. The first-order valence-electron chi connectivity index (χ1n) is 7.32. The van der Waals surface area contributed by atoms with Crippen molar-refractivity contribution in [3.05, 3.63) is 35.4 Å². The second-order valence-corrected chi connectivity index (χ2v) is 5.81. The van der Waals surface area contributed by atoms with E-state index in [1.807, 2.05) is 24.3 Å². The molecule has 1 aromatic rings. The van der Waals surface area contributed by atoms with E-state index in [9.17, 15) is 14.7 Å². The molecular formula is C16H19NO4. The molecule has 0 saturated heterocycles. The zero-order valence-electron chi connectivity index (χ0n) is 11.8. The second kappa shape index (κ2) is 5.85. The summed E-state index contributed by atoms with van der Waals surface area (Å²) in [4.78, 5) is 25.1. The predicted octanol–water partition coefficient (Wildman–Crippen LogP) is 1.45. The summed E-state index contributed by atoms with van der Waals surface area (Å²) >= 11 is 0. The van der Waals surface area contributed by atoms with Crippen molar-refractivity contribution in [1.29, 1.82) is 0 Å². The van der Waals surface area contributed by atoms with Crippen LogP contribution in [0.5, 0.6) is 0 Å². The molecular weight excluding hydrogens is 270 g/mol. The normalized spacial score (nSPS) is 21.0. The summed E-state index contributed by atoms with van der Waals surface area (Å²) in [6, 6.07) is 6.88. The summed E-state index contributed by atoms with van der Waals surface area (Å²) in [6.45, 7) is 0.926. The third kappa shape index (κ3) is 3.24.